The first-order chi connectivity index (χ1) is 8.25. The lowest BCUT2D eigenvalue weighted by molar-refractivity contribution is -0.153. The molecule has 1 N–H and O–H groups in total. The van der Waals surface area contributed by atoms with Gasteiger partial charge in [0.1, 0.15) is 5.82 Å². The maximum absolute atomic E-state index is 13.0. The molecule has 0 radical (unpaired) electrons. The Morgan fingerprint density at radius 2 is 2.00 bits per heavy atom. The summed E-state index contributed by atoms with van der Waals surface area (Å²) in [6.07, 6.45) is -6.70. The largest absolute Gasteiger partial charge is 0.464 e. The predicted octanol–water partition coefficient (Wildman–Crippen LogP) is 2.44. The van der Waals surface area contributed by atoms with Crippen LogP contribution in [0.2, 0.25) is 0 Å². The Kier molecular flexibility index (Phi) is 4.28. The third-order valence-electron chi connectivity index (χ3n) is 2.07. The van der Waals surface area contributed by atoms with Crippen LogP contribution in [0.25, 0.3) is 0 Å². The molecular formula is C11H10F4O3. The summed E-state index contributed by atoms with van der Waals surface area (Å²) in [5, 5.41) is 9.43. The molecule has 7 heteroatoms. The molecule has 0 saturated carbocycles. The number of aliphatic hydroxyl groups excluding tert-OH is 1. The van der Waals surface area contributed by atoms with Crippen molar-refractivity contribution in [2.75, 3.05) is 6.61 Å². The maximum Gasteiger partial charge on any atom is 0.416 e. The molecule has 1 unspecified atom stereocenters. The molecule has 0 fully saturated rings. The van der Waals surface area contributed by atoms with Gasteiger partial charge in [-0.25, -0.2) is 9.18 Å². The highest BCUT2D eigenvalue weighted by atomic mass is 19.4. The lowest BCUT2D eigenvalue weighted by atomic mass is 10.1. The number of alkyl halides is 3. The molecule has 3 nitrogen and oxygen atoms in total. The zero-order chi connectivity index (χ0) is 13.9. The molecular weight excluding hydrogens is 256 g/mol. The molecule has 0 spiro atoms. The van der Waals surface area contributed by atoms with E-state index < -0.39 is 35.2 Å². The van der Waals surface area contributed by atoms with Crippen LogP contribution in [0.3, 0.4) is 0 Å². The summed E-state index contributed by atoms with van der Waals surface area (Å²) in [5.74, 6) is -2.32. The molecule has 0 heterocycles. The van der Waals surface area contributed by atoms with E-state index in [2.05, 4.69) is 4.74 Å². The summed E-state index contributed by atoms with van der Waals surface area (Å²) in [4.78, 5) is 11.1. The van der Waals surface area contributed by atoms with Gasteiger partial charge in [0.25, 0.3) is 0 Å². The number of hydrogen-bond donors (Lipinski definition) is 1. The van der Waals surface area contributed by atoms with Gasteiger partial charge >= 0.3 is 12.1 Å². The van der Waals surface area contributed by atoms with E-state index in [1.165, 1.54) is 6.92 Å². The standard InChI is InChI=1S/C11H10F4O3/c1-2-18-10(17)9(16)6-3-7(11(13,14)15)5-8(12)4-6/h3-5,9,16H,2H2,1H3. The highest BCUT2D eigenvalue weighted by Gasteiger charge is 2.32. The van der Waals surface area contributed by atoms with Crippen molar-refractivity contribution in [3.63, 3.8) is 0 Å². The monoisotopic (exact) mass is 266 g/mol. The highest BCUT2D eigenvalue weighted by molar-refractivity contribution is 5.76. The Morgan fingerprint density at radius 3 is 2.50 bits per heavy atom. The van der Waals surface area contributed by atoms with Gasteiger partial charge in [0.2, 0.25) is 0 Å². The Labute approximate surface area is 100.0 Å². The smallest absolute Gasteiger partial charge is 0.416 e. The van der Waals surface area contributed by atoms with Gasteiger partial charge in [-0.2, -0.15) is 13.2 Å². The minimum absolute atomic E-state index is 0.0443. The fourth-order valence-electron chi connectivity index (χ4n) is 1.29. The topological polar surface area (TPSA) is 46.5 Å². The molecule has 100 valence electrons. The van der Waals surface area contributed by atoms with Gasteiger partial charge in [0.05, 0.1) is 12.2 Å². The number of carbonyl (C=O) groups is 1. The van der Waals surface area contributed by atoms with E-state index in [1.54, 1.807) is 0 Å². The van der Waals surface area contributed by atoms with Gasteiger partial charge in [-0.3, -0.25) is 0 Å². The fourth-order valence-corrected chi connectivity index (χ4v) is 1.29. The van der Waals surface area contributed by atoms with Crippen LogP contribution in [-0.2, 0) is 15.7 Å². The van der Waals surface area contributed by atoms with Crippen molar-refractivity contribution in [1.82, 2.24) is 0 Å². The molecule has 0 bridgehead atoms. The summed E-state index contributed by atoms with van der Waals surface area (Å²) in [7, 11) is 0. The van der Waals surface area contributed by atoms with Crippen molar-refractivity contribution in [2.45, 2.75) is 19.2 Å². The first kappa shape index (κ1) is 14.4. The molecule has 0 aliphatic heterocycles. The van der Waals surface area contributed by atoms with E-state index in [1.807, 2.05) is 0 Å². The molecule has 0 saturated heterocycles. The van der Waals surface area contributed by atoms with Crippen LogP contribution in [0.1, 0.15) is 24.2 Å². The third-order valence-corrected chi connectivity index (χ3v) is 2.07. The van der Waals surface area contributed by atoms with Crippen LogP contribution < -0.4 is 0 Å². The second-order valence-corrected chi connectivity index (χ2v) is 3.43. The van der Waals surface area contributed by atoms with Gasteiger partial charge in [0.15, 0.2) is 6.10 Å². The third kappa shape index (κ3) is 3.43. The molecule has 1 aromatic carbocycles. The molecule has 0 amide bonds. The number of carbonyl (C=O) groups excluding carboxylic acids is 1. The van der Waals surface area contributed by atoms with Crippen LogP contribution in [0, 0.1) is 5.82 Å². The van der Waals surface area contributed by atoms with E-state index in [-0.39, 0.29) is 12.7 Å². The van der Waals surface area contributed by atoms with Crippen LogP contribution >= 0.6 is 0 Å². The number of benzene rings is 1. The lowest BCUT2D eigenvalue weighted by Gasteiger charge is -2.13. The molecule has 0 aliphatic rings. The van der Waals surface area contributed by atoms with E-state index in [0.29, 0.717) is 12.1 Å². The first-order valence-electron chi connectivity index (χ1n) is 4.98. The second kappa shape index (κ2) is 5.34. The molecule has 1 atom stereocenters. The summed E-state index contributed by atoms with van der Waals surface area (Å²) < 4.78 is 54.6. The normalized spacial score (nSPS) is 13.2. The second-order valence-electron chi connectivity index (χ2n) is 3.43. The van der Waals surface area contributed by atoms with Gasteiger partial charge in [0, 0.05) is 0 Å². The number of aliphatic hydroxyl groups is 1. The quantitative estimate of drug-likeness (QED) is 0.675. The highest BCUT2D eigenvalue weighted by Crippen LogP contribution is 2.31. The number of esters is 1. The minimum atomic E-state index is -4.76. The van der Waals surface area contributed by atoms with Crippen molar-refractivity contribution in [3.8, 4) is 0 Å². The van der Waals surface area contributed by atoms with Gasteiger partial charge in [-0.15, -0.1) is 0 Å². The molecule has 1 rings (SSSR count). The van der Waals surface area contributed by atoms with Crippen molar-refractivity contribution in [1.29, 1.82) is 0 Å². The Hall–Kier alpha value is -1.63. The van der Waals surface area contributed by atoms with Crippen LogP contribution in [-0.4, -0.2) is 17.7 Å². The molecule has 0 aliphatic carbocycles. The predicted molar refractivity (Wildman–Crippen MR) is 53.0 cm³/mol. The Morgan fingerprint density at radius 1 is 1.39 bits per heavy atom. The lowest BCUT2D eigenvalue weighted by Crippen LogP contribution is -2.16. The van der Waals surface area contributed by atoms with Gasteiger partial charge in [-0.05, 0) is 30.7 Å². The zero-order valence-electron chi connectivity index (χ0n) is 9.29. The first-order valence-corrected chi connectivity index (χ1v) is 4.98. The minimum Gasteiger partial charge on any atom is -0.464 e. The zero-order valence-corrected chi connectivity index (χ0v) is 9.29. The summed E-state index contributed by atoms with van der Waals surface area (Å²) in [6.45, 7) is 1.43. The molecule has 1 aromatic rings. The Bertz CT molecular complexity index is 442. The summed E-state index contributed by atoms with van der Waals surface area (Å²) >= 11 is 0. The number of halogens is 4. The van der Waals surface area contributed by atoms with Crippen molar-refractivity contribution in [3.05, 3.63) is 35.1 Å². The van der Waals surface area contributed by atoms with E-state index in [0.717, 1.165) is 0 Å². The number of hydrogen-bond acceptors (Lipinski definition) is 3. The van der Waals surface area contributed by atoms with Crippen molar-refractivity contribution >= 4 is 5.97 Å². The fraction of sp³-hybridized carbons (Fsp3) is 0.364. The number of rotatable bonds is 3. The maximum atomic E-state index is 13.0. The van der Waals surface area contributed by atoms with E-state index >= 15 is 0 Å². The van der Waals surface area contributed by atoms with Crippen molar-refractivity contribution < 1.29 is 32.2 Å². The van der Waals surface area contributed by atoms with E-state index in [4.69, 9.17) is 0 Å². The summed E-state index contributed by atoms with van der Waals surface area (Å²) in [5.41, 5.74) is -1.78. The average molecular weight is 266 g/mol. The molecule has 18 heavy (non-hydrogen) atoms. The Balaban J connectivity index is 3.10. The van der Waals surface area contributed by atoms with Crippen LogP contribution in [0.5, 0.6) is 0 Å². The van der Waals surface area contributed by atoms with Crippen LogP contribution in [0.15, 0.2) is 18.2 Å². The average Bonchev–Trinajstić information content (AvgIpc) is 2.26. The summed E-state index contributed by atoms with van der Waals surface area (Å²) in [6, 6.07) is 1.43. The van der Waals surface area contributed by atoms with Gasteiger partial charge < -0.3 is 9.84 Å². The number of ether oxygens (including phenoxy) is 1. The molecule has 0 aromatic heterocycles. The van der Waals surface area contributed by atoms with Gasteiger partial charge in [-0.1, -0.05) is 0 Å². The van der Waals surface area contributed by atoms with Crippen molar-refractivity contribution in [2.24, 2.45) is 0 Å². The SMILES string of the molecule is CCOC(=O)C(O)c1cc(F)cc(C(F)(F)F)c1. The van der Waals surface area contributed by atoms with E-state index in [9.17, 15) is 27.5 Å². The van der Waals surface area contributed by atoms with Crippen LogP contribution in [0.4, 0.5) is 17.6 Å².